The zero-order valence-electron chi connectivity index (χ0n) is 14.5. The fraction of sp³-hybridized carbons (Fsp3) is 0.200. The minimum Gasteiger partial charge on any atom is -0.465 e. The topological polar surface area (TPSA) is 62.4 Å². The van der Waals surface area contributed by atoms with Gasteiger partial charge in [0, 0.05) is 41.7 Å². The number of aromatic amines is 1. The quantitative estimate of drug-likeness (QED) is 0.678. The van der Waals surface area contributed by atoms with E-state index in [-0.39, 0.29) is 16.5 Å². The number of hydrogen-bond donors (Lipinski definition) is 1. The van der Waals surface area contributed by atoms with Crippen LogP contribution in [0.4, 0.5) is 4.39 Å². The molecule has 0 aliphatic carbocycles. The molecule has 0 radical (unpaired) electrons. The van der Waals surface area contributed by atoms with Gasteiger partial charge < -0.3 is 14.6 Å². The summed E-state index contributed by atoms with van der Waals surface area (Å²) in [6.45, 7) is 0.905. The monoisotopic (exact) mass is 386 g/mol. The minimum absolute atomic E-state index is 0.0951. The fourth-order valence-electron chi connectivity index (χ4n) is 3.47. The van der Waals surface area contributed by atoms with Crippen molar-refractivity contribution in [2.45, 2.75) is 13.0 Å². The lowest BCUT2D eigenvalue weighted by Crippen LogP contribution is -2.36. The molecule has 0 saturated carbocycles. The molecule has 7 heteroatoms. The number of amides is 1. The Morgan fingerprint density at radius 2 is 2.04 bits per heavy atom. The van der Waals surface area contributed by atoms with Crippen LogP contribution in [0.15, 0.2) is 36.4 Å². The van der Waals surface area contributed by atoms with E-state index in [9.17, 15) is 14.0 Å². The van der Waals surface area contributed by atoms with Crippen molar-refractivity contribution < 1.29 is 18.7 Å². The predicted octanol–water partition coefficient (Wildman–Crippen LogP) is 3.95. The molecule has 27 heavy (non-hydrogen) atoms. The number of benzene rings is 2. The lowest BCUT2D eigenvalue weighted by atomic mass is 10.0. The first kappa shape index (κ1) is 17.5. The third-order valence-electron chi connectivity index (χ3n) is 4.85. The van der Waals surface area contributed by atoms with E-state index in [1.54, 1.807) is 17.0 Å². The van der Waals surface area contributed by atoms with Gasteiger partial charge in [-0.3, -0.25) is 4.79 Å². The van der Waals surface area contributed by atoms with Crippen molar-refractivity contribution in [2.75, 3.05) is 13.7 Å². The number of aromatic nitrogens is 1. The van der Waals surface area contributed by atoms with Crippen molar-refractivity contribution in [2.24, 2.45) is 0 Å². The highest BCUT2D eigenvalue weighted by Crippen LogP contribution is 2.30. The molecule has 1 amide bonds. The summed E-state index contributed by atoms with van der Waals surface area (Å²) < 4.78 is 18.1. The molecule has 1 aliphatic rings. The molecular weight excluding hydrogens is 371 g/mol. The molecule has 138 valence electrons. The number of carbonyl (C=O) groups excluding carboxylic acids is 2. The Bertz CT molecular complexity index is 1080. The molecular formula is C20H16ClFN2O3. The van der Waals surface area contributed by atoms with E-state index >= 15 is 0 Å². The Balaban J connectivity index is 1.69. The number of H-pyrrole nitrogens is 1. The van der Waals surface area contributed by atoms with Crippen molar-refractivity contribution in [3.05, 3.63) is 69.6 Å². The van der Waals surface area contributed by atoms with Crippen LogP contribution in [0.5, 0.6) is 0 Å². The van der Waals surface area contributed by atoms with Crippen LogP contribution in [0.1, 0.15) is 32.0 Å². The highest BCUT2D eigenvalue weighted by atomic mass is 35.5. The Hall–Kier alpha value is -2.86. The molecule has 0 spiro atoms. The van der Waals surface area contributed by atoms with Crippen LogP contribution in [-0.4, -0.2) is 35.4 Å². The number of ether oxygens (including phenoxy) is 1. The Kier molecular flexibility index (Phi) is 4.36. The molecule has 2 heterocycles. The molecule has 0 bridgehead atoms. The Labute approximate surface area is 159 Å². The van der Waals surface area contributed by atoms with E-state index in [0.29, 0.717) is 25.1 Å². The second kappa shape index (κ2) is 6.70. The van der Waals surface area contributed by atoms with Crippen molar-refractivity contribution in [3.8, 4) is 0 Å². The number of hydrogen-bond acceptors (Lipinski definition) is 3. The second-order valence-electron chi connectivity index (χ2n) is 6.43. The predicted molar refractivity (Wildman–Crippen MR) is 99.5 cm³/mol. The molecule has 5 nitrogen and oxygen atoms in total. The zero-order valence-corrected chi connectivity index (χ0v) is 15.3. The number of rotatable bonds is 2. The van der Waals surface area contributed by atoms with Gasteiger partial charge in [0.15, 0.2) is 0 Å². The van der Waals surface area contributed by atoms with Crippen molar-refractivity contribution in [1.29, 1.82) is 0 Å². The van der Waals surface area contributed by atoms with Gasteiger partial charge in [0.1, 0.15) is 5.82 Å². The van der Waals surface area contributed by atoms with Crippen LogP contribution < -0.4 is 0 Å². The lowest BCUT2D eigenvalue weighted by Gasteiger charge is -2.27. The average Bonchev–Trinajstić information content (AvgIpc) is 3.04. The molecule has 1 aliphatic heterocycles. The molecule has 0 saturated heterocycles. The van der Waals surface area contributed by atoms with Crippen LogP contribution in [0.25, 0.3) is 10.9 Å². The molecule has 4 rings (SSSR count). The summed E-state index contributed by atoms with van der Waals surface area (Å²) in [6, 6.07) is 9.08. The highest BCUT2D eigenvalue weighted by Gasteiger charge is 2.26. The normalized spacial score (nSPS) is 13.5. The van der Waals surface area contributed by atoms with Gasteiger partial charge in [-0.05, 0) is 36.4 Å². The van der Waals surface area contributed by atoms with Gasteiger partial charge in [0.25, 0.3) is 5.91 Å². The number of halogens is 2. The molecule has 3 aromatic rings. The van der Waals surface area contributed by atoms with E-state index in [1.807, 2.05) is 6.07 Å². The number of fused-ring (bicyclic) bond motifs is 3. The standard InChI is InChI=1S/C20H16ClFN2O3/c1-27-20(26)11-2-5-17-14(8-11)15-10-24(7-6-18(15)23-17)19(25)13-4-3-12(22)9-16(13)21/h2-5,8-9,23H,6-7,10H2,1H3. The molecule has 0 unspecified atom stereocenters. The summed E-state index contributed by atoms with van der Waals surface area (Å²) in [5.74, 6) is -1.14. The summed E-state index contributed by atoms with van der Waals surface area (Å²) in [5, 5.41) is 0.980. The summed E-state index contributed by atoms with van der Waals surface area (Å²) in [6.07, 6.45) is 0.655. The summed E-state index contributed by atoms with van der Waals surface area (Å²) in [4.78, 5) is 29.7. The third-order valence-corrected chi connectivity index (χ3v) is 5.16. The van der Waals surface area contributed by atoms with Gasteiger partial charge in [-0.15, -0.1) is 0 Å². The SMILES string of the molecule is COC(=O)c1ccc2[nH]c3c(c2c1)CN(C(=O)c1ccc(F)cc1Cl)CC3. The number of carbonyl (C=O) groups is 2. The molecule has 2 aromatic carbocycles. The molecule has 0 fully saturated rings. The minimum atomic E-state index is -0.482. The summed E-state index contributed by atoms with van der Waals surface area (Å²) in [7, 11) is 1.34. The van der Waals surface area contributed by atoms with Crippen molar-refractivity contribution >= 4 is 34.4 Å². The highest BCUT2D eigenvalue weighted by molar-refractivity contribution is 6.33. The van der Waals surface area contributed by atoms with Crippen LogP contribution >= 0.6 is 11.6 Å². The second-order valence-corrected chi connectivity index (χ2v) is 6.84. The first-order valence-corrected chi connectivity index (χ1v) is 8.82. The summed E-state index contributed by atoms with van der Waals surface area (Å²) in [5.41, 5.74) is 3.64. The smallest absolute Gasteiger partial charge is 0.337 e. The van der Waals surface area contributed by atoms with Crippen molar-refractivity contribution in [3.63, 3.8) is 0 Å². The first-order valence-electron chi connectivity index (χ1n) is 8.44. The third kappa shape index (κ3) is 3.06. The van der Waals surface area contributed by atoms with E-state index in [0.717, 1.165) is 28.2 Å². The Morgan fingerprint density at radius 1 is 1.22 bits per heavy atom. The number of methoxy groups -OCH3 is 1. The van der Waals surface area contributed by atoms with Crippen LogP contribution in [0.3, 0.4) is 0 Å². The van der Waals surface area contributed by atoms with E-state index in [4.69, 9.17) is 16.3 Å². The average molecular weight is 387 g/mol. The van der Waals surface area contributed by atoms with Crippen LogP contribution in [0.2, 0.25) is 5.02 Å². The van der Waals surface area contributed by atoms with E-state index < -0.39 is 11.8 Å². The van der Waals surface area contributed by atoms with Crippen LogP contribution in [0, 0.1) is 5.82 Å². The lowest BCUT2D eigenvalue weighted by molar-refractivity contribution is 0.0600. The van der Waals surface area contributed by atoms with Gasteiger partial charge in [0.2, 0.25) is 0 Å². The molecule has 1 N–H and O–H groups in total. The molecule has 0 atom stereocenters. The van der Waals surface area contributed by atoms with Gasteiger partial charge in [-0.1, -0.05) is 11.6 Å². The number of esters is 1. The van der Waals surface area contributed by atoms with Gasteiger partial charge in [-0.25, -0.2) is 9.18 Å². The maximum Gasteiger partial charge on any atom is 0.337 e. The van der Waals surface area contributed by atoms with Gasteiger partial charge in [0.05, 0.1) is 23.3 Å². The van der Waals surface area contributed by atoms with E-state index in [2.05, 4.69) is 4.98 Å². The van der Waals surface area contributed by atoms with Gasteiger partial charge in [-0.2, -0.15) is 0 Å². The van der Waals surface area contributed by atoms with Crippen LogP contribution in [-0.2, 0) is 17.7 Å². The van der Waals surface area contributed by atoms with Crippen molar-refractivity contribution in [1.82, 2.24) is 9.88 Å². The summed E-state index contributed by atoms with van der Waals surface area (Å²) >= 11 is 6.04. The Morgan fingerprint density at radius 3 is 2.78 bits per heavy atom. The maximum absolute atomic E-state index is 13.3. The molecule has 1 aromatic heterocycles. The fourth-order valence-corrected chi connectivity index (χ4v) is 3.71. The first-order chi connectivity index (χ1) is 13.0. The maximum atomic E-state index is 13.3. The van der Waals surface area contributed by atoms with Gasteiger partial charge >= 0.3 is 5.97 Å². The van der Waals surface area contributed by atoms with E-state index in [1.165, 1.54) is 19.2 Å². The number of nitrogens with zero attached hydrogens (tertiary/aromatic N) is 1. The zero-order chi connectivity index (χ0) is 19.1. The largest absolute Gasteiger partial charge is 0.465 e. The number of nitrogens with one attached hydrogen (secondary N) is 1.